The van der Waals surface area contributed by atoms with Gasteiger partial charge in [-0.2, -0.15) is 0 Å². The van der Waals surface area contributed by atoms with E-state index >= 15 is 0 Å². The van der Waals surface area contributed by atoms with E-state index in [1.165, 1.54) is 44.9 Å². The topological polar surface area (TPSA) is 21.3 Å². The summed E-state index contributed by atoms with van der Waals surface area (Å²) in [6.07, 6.45) is 9.41. The standard InChI is InChI=1S/C16H31NO/c1-16(2,3)13-5-4-6-14(8-7-13)17-15-9-11-18-12-10-15/h13-15,17H,4-12H2,1-3H3. The Morgan fingerprint density at radius 1 is 0.833 bits per heavy atom. The summed E-state index contributed by atoms with van der Waals surface area (Å²) in [5.74, 6) is 0.916. The van der Waals surface area contributed by atoms with Gasteiger partial charge in [0.15, 0.2) is 0 Å². The molecule has 0 aromatic carbocycles. The molecule has 2 fully saturated rings. The van der Waals surface area contributed by atoms with Crippen LogP contribution < -0.4 is 5.32 Å². The molecule has 0 radical (unpaired) electrons. The van der Waals surface area contributed by atoms with Gasteiger partial charge < -0.3 is 10.1 Å². The average molecular weight is 253 g/mol. The van der Waals surface area contributed by atoms with Crippen LogP contribution in [0.1, 0.15) is 65.7 Å². The summed E-state index contributed by atoms with van der Waals surface area (Å²) in [5.41, 5.74) is 0.494. The Bertz CT molecular complexity index is 240. The summed E-state index contributed by atoms with van der Waals surface area (Å²) in [6.45, 7) is 9.13. The third-order valence-electron chi connectivity index (χ3n) is 4.89. The van der Waals surface area contributed by atoms with E-state index in [1.807, 2.05) is 0 Å². The monoisotopic (exact) mass is 253 g/mol. The summed E-state index contributed by atoms with van der Waals surface area (Å²) in [5, 5.41) is 3.89. The van der Waals surface area contributed by atoms with E-state index in [0.29, 0.717) is 5.41 Å². The Kier molecular flexibility index (Phi) is 5.08. The number of rotatable bonds is 2. The van der Waals surface area contributed by atoms with Gasteiger partial charge in [0.25, 0.3) is 0 Å². The lowest BCUT2D eigenvalue weighted by Gasteiger charge is -2.30. The third kappa shape index (κ3) is 4.24. The van der Waals surface area contributed by atoms with Crippen molar-refractivity contribution in [2.45, 2.75) is 77.8 Å². The Balaban J connectivity index is 1.78. The first-order valence-corrected chi connectivity index (χ1v) is 7.89. The molecule has 2 unspecified atom stereocenters. The number of hydrogen-bond donors (Lipinski definition) is 1. The van der Waals surface area contributed by atoms with Crippen molar-refractivity contribution in [1.82, 2.24) is 5.32 Å². The molecule has 0 amide bonds. The van der Waals surface area contributed by atoms with E-state index in [-0.39, 0.29) is 0 Å². The Hall–Kier alpha value is -0.0800. The molecule has 2 atom stereocenters. The predicted molar refractivity (Wildman–Crippen MR) is 76.8 cm³/mol. The van der Waals surface area contributed by atoms with Crippen LogP contribution in [0.4, 0.5) is 0 Å². The highest BCUT2D eigenvalue weighted by atomic mass is 16.5. The molecule has 0 aromatic rings. The van der Waals surface area contributed by atoms with Crippen molar-refractivity contribution < 1.29 is 4.74 Å². The fourth-order valence-corrected chi connectivity index (χ4v) is 3.53. The highest BCUT2D eigenvalue weighted by molar-refractivity contribution is 4.83. The van der Waals surface area contributed by atoms with Gasteiger partial charge in [-0.25, -0.2) is 0 Å². The normalized spacial score (nSPS) is 32.2. The van der Waals surface area contributed by atoms with Crippen LogP contribution in [0, 0.1) is 11.3 Å². The van der Waals surface area contributed by atoms with Gasteiger partial charge in [-0.3, -0.25) is 0 Å². The second kappa shape index (κ2) is 6.38. The first-order valence-electron chi connectivity index (χ1n) is 7.89. The summed E-state index contributed by atoms with van der Waals surface area (Å²) < 4.78 is 5.44. The van der Waals surface area contributed by atoms with Gasteiger partial charge in [0, 0.05) is 25.3 Å². The molecule has 2 nitrogen and oxygen atoms in total. The van der Waals surface area contributed by atoms with Crippen LogP contribution in [-0.2, 0) is 4.74 Å². The molecular formula is C16H31NO. The molecule has 1 saturated heterocycles. The van der Waals surface area contributed by atoms with E-state index in [0.717, 1.165) is 31.2 Å². The third-order valence-corrected chi connectivity index (χ3v) is 4.89. The lowest BCUT2D eigenvalue weighted by atomic mass is 9.76. The van der Waals surface area contributed by atoms with Gasteiger partial charge in [0.1, 0.15) is 0 Å². The van der Waals surface area contributed by atoms with Crippen molar-refractivity contribution in [2.75, 3.05) is 13.2 Å². The van der Waals surface area contributed by atoms with Crippen LogP contribution in [0.2, 0.25) is 0 Å². The minimum atomic E-state index is 0.494. The lowest BCUT2D eigenvalue weighted by Crippen LogP contribution is -2.41. The first kappa shape index (κ1) is 14.3. The van der Waals surface area contributed by atoms with Crippen LogP contribution in [-0.4, -0.2) is 25.3 Å². The van der Waals surface area contributed by atoms with Crippen molar-refractivity contribution in [3.05, 3.63) is 0 Å². The summed E-state index contributed by atoms with van der Waals surface area (Å²) >= 11 is 0. The van der Waals surface area contributed by atoms with Crippen LogP contribution in [0.3, 0.4) is 0 Å². The van der Waals surface area contributed by atoms with Crippen LogP contribution in [0.25, 0.3) is 0 Å². The Morgan fingerprint density at radius 3 is 2.17 bits per heavy atom. The second-order valence-electron chi connectivity index (χ2n) is 7.32. The van der Waals surface area contributed by atoms with Crippen molar-refractivity contribution in [1.29, 1.82) is 0 Å². The molecule has 2 heteroatoms. The molecule has 2 aliphatic rings. The average Bonchev–Trinajstić information content (AvgIpc) is 2.55. The fourth-order valence-electron chi connectivity index (χ4n) is 3.53. The fraction of sp³-hybridized carbons (Fsp3) is 1.00. The molecule has 1 heterocycles. The quantitative estimate of drug-likeness (QED) is 0.757. The molecule has 1 aliphatic heterocycles. The van der Waals surface area contributed by atoms with Crippen LogP contribution in [0.15, 0.2) is 0 Å². The molecule has 0 aromatic heterocycles. The van der Waals surface area contributed by atoms with Crippen molar-refractivity contribution in [2.24, 2.45) is 11.3 Å². The van der Waals surface area contributed by atoms with Gasteiger partial charge in [-0.05, 0) is 49.9 Å². The zero-order valence-electron chi connectivity index (χ0n) is 12.5. The first-order chi connectivity index (χ1) is 8.55. The van der Waals surface area contributed by atoms with E-state index in [2.05, 4.69) is 26.1 Å². The van der Waals surface area contributed by atoms with Gasteiger partial charge in [-0.15, -0.1) is 0 Å². The number of nitrogens with one attached hydrogen (secondary N) is 1. The van der Waals surface area contributed by atoms with E-state index in [4.69, 9.17) is 4.74 Å². The van der Waals surface area contributed by atoms with Gasteiger partial charge in [-0.1, -0.05) is 27.2 Å². The van der Waals surface area contributed by atoms with Crippen molar-refractivity contribution in [3.8, 4) is 0 Å². The molecule has 0 bridgehead atoms. The minimum Gasteiger partial charge on any atom is -0.381 e. The maximum absolute atomic E-state index is 5.44. The maximum Gasteiger partial charge on any atom is 0.0480 e. The zero-order chi connectivity index (χ0) is 13.0. The molecule has 1 N–H and O–H groups in total. The molecule has 0 spiro atoms. The molecule has 1 saturated carbocycles. The van der Waals surface area contributed by atoms with E-state index in [1.54, 1.807) is 0 Å². The predicted octanol–water partition coefficient (Wildman–Crippen LogP) is 3.75. The highest BCUT2D eigenvalue weighted by Gasteiger charge is 2.28. The summed E-state index contributed by atoms with van der Waals surface area (Å²) in [4.78, 5) is 0. The summed E-state index contributed by atoms with van der Waals surface area (Å²) in [7, 11) is 0. The largest absolute Gasteiger partial charge is 0.381 e. The summed E-state index contributed by atoms with van der Waals surface area (Å²) in [6, 6.07) is 1.48. The smallest absolute Gasteiger partial charge is 0.0480 e. The minimum absolute atomic E-state index is 0.494. The molecular weight excluding hydrogens is 222 g/mol. The van der Waals surface area contributed by atoms with Gasteiger partial charge in [0.2, 0.25) is 0 Å². The number of hydrogen-bond acceptors (Lipinski definition) is 2. The maximum atomic E-state index is 5.44. The van der Waals surface area contributed by atoms with Gasteiger partial charge >= 0.3 is 0 Å². The SMILES string of the molecule is CC(C)(C)C1CCCC(NC2CCOCC2)CC1. The number of ether oxygens (including phenoxy) is 1. The molecule has 1 aliphatic carbocycles. The van der Waals surface area contributed by atoms with E-state index < -0.39 is 0 Å². The van der Waals surface area contributed by atoms with Crippen LogP contribution >= 0.6 is 0 Å². The molecule has 2 rings (SSSR count). The van der Waals surface area contributed by atoms with E-state index in [9.17, 15) is 0 Å². The second-order valence-corrected chi connectivity index (χ2v) is 7.32. The van der Waals surface area contributed by atoms with Crippen molar-refractivity contribution >= 4 is 0 Å². The van der Waals surface area contributed by atoms with Crippen LogP contribution in [0.5, 0.6) is 0 Å². The zero-order valence-corrected chi connectivity index (χ0v) is 12.5. The molecule has 18 heavy (non-hydrogen) atoms. The molecule has 106 valence electrons. The Morgan fingerprint density at radius 2 is 1.50 bits per heavy atom. The van der Waals surface area contributed by atoms with Gasteiger partial charge in [0.05, 0.1) is 0 Å². The Labute approximate surface area is 113 Å². The van der Waals surface area contributed by atoms with Crippen molar-refractivity contribution in [3.63, 3.8) is 0 Å². The lowest BCUT2D eigenvalue weighted by molar-refractivity contribution is 0.0741. The highest BCUT2D eigenvalue weighted by Crippen LogP contribution is 2.36.